The number of benzene rings is 1. The zero-order valence-electron chi connectivity index (χ0n) is 14.6. The van der Waals surface area contributed by atoms with Gasteiger partial charge in [-0.2, -0.15) is 18.3 Å². The van der Waals surface area contributed by atoms with Crippen LogP contribution in [0.4, 0.5) is 13.2 Å². The largest absolute Gasteiger partial charge is 0.507 e. The highest BCUT2D eigenvalue weighted by molar-refractivity contribution is 5.69. The smallest absolute Gasteiger partial charge is 0.416 e. The molecule has 0 aliphatic carbocycles. The molecule has 0 aliphatic rings. The Labute approximate surface area is 149 Å². The van der Waals surface area contributed by atoms with Crippen LogP contribution in [0.15, 0.2) is 24.3 Å². The van der Waals surface area contributed by atoms with Crippen molar-refractivity contribution in [3.63, 3.8) is 0 Å². The van der Waals surface area contributed by atoms with Crippen molar-refractivity contribution in [1.82, 2.24) is 15.5 Å². The van der Waals surface area contributed by atoms with Crippen LogP contribution in [0.25, 0.3) is 11.3 Å². The molecule has 0 saturated heterocycles. The average molecular weight is 369 g/mol. The molecule has 3 N–H and O–H groups in total. The van der Waals surface area contributed by atoms with E-state index < -0.39 is 23.6 Å². The molecule has 8 heteroatoms. The zero-order chi connectivity index (χ0) is 19.3. The number of unbranched alkanes of at least 4 members (excludes halogenated alkanes) is 1. The molecule has 5 nitrogen and oxygen atoms in total. The van der Waals surface area contributed by atoms with Crippen LogP contribution in [0.5, 0.6) is 5.75 Å². The van der Waals surface area contributed by atoms with Crippen LogP contribution in [0.3, 0.4) is 0 Å². The third-order valence-corrected chi connectivity index (χ3v) is 4.08. The Balaban J connectivity index is 2.19. The quantitative estimate of drug-likeness (QED) is 0.650. The fourth-order valence-corrected chi connectivity index (χ4v) is 2.63. The molecule has 0 amide bonds. The topological polar surface area (TPSA) is 78.3 Å². The molecule has 0 aliphatic heterocycles. The van der Waals surface area contributed by atoms with Gasteiger partial charge in [0.25, 0.3) is 0 Å². The lowest BCUT2D eigenvalue weighted by molar-refractivity contribution is -0.137. The van der Waals surface area contributed by atoms with Gasteiger partial charge in [0.15, 0.2) is 0 Å². The first-order valence-electron chi connectivity index (χ1n) is 8.31. The second kappa shape index (κ2) is 8.46. The average Bonchev–Trinajstić information content (AvgIpc) is 2.58. The van der Waals surface area contributed by atoms with E-state index >= 15 is 0 Å². The van der Waals surface area contributed by atoms with Crippen LogP contribution in [-0.4, -0.2) is 34.0 Å². The first kappa shape index (κ1) is 20.1. The highest BCUT2D eigenvalue weighted by Gasteiger charge is 2.31. The number of phenolic OH excluding ortho intramolecular Hbond substituents is 1. The van der Waals surface area contributed by atoms with Crippen LogP contribution in [0, 0.1) is 6.92 Å². The summed E-state index contributed by atoms with van der Waals surface area (Å²) in [6.45, 7) is 2.57. The highest BCUT2D eigenvalue weighted by atomic mass is 19.4. The van der Waals surface area contributed by atoms with Gasteiger partial charge < -0.3 is 15.5 Å². The van der Waals surface area contributed by atoms with Crippen molar-refractivity contribution in [2.75, 3.05) is 13.6 Å². The van der Waals surface area contributed by atoms with E-state index in [4.69, 9.17) is 0 Å². The Hall–Kier alpha value is -2.19. The Morgan fingerprint density at radius 2 is 1.88 bits per heavy atom. The maximum Gasteiger partial charge on any atom is 0.416 e. The number of phenols is 1. The van der Waals surface area contributed by atoms with Gasteiger partial charge in [-0.1, -0.05) is 0 Å². The molecule has 1 atom stereocenters. The molecule has 1 unspecified atom stereocenters. The lowest BCUT2D eigenvalue weighted by atomic mass is 10.0. The number of hydrogen-bond acceptors (Lipinski definition) is 5. The molecule has 0 bridgehead atoms. The molecule has 26 heavy (non-hydrogen) atoms. The van der Waals surface area contributed by atoms with E-state index in [0.29, 0.717) is 23.7 Å². The van der Waals surface area contributed by atoms with E-state index in [9.17, 15) is 23.4 Å². The summed E-state index contributed by atoms with van der Waals surface area (Å²) >= 11 is 0. The fourth-order valence-electron chi connectivity index (χ4n) is 2.63. The Bertz CT molecular complexity index is 751. The van der Waals surface area contributed by atoms with E-state index in [1.54, 1.807) is 13.0 Å². The standard InChI is InChI=1S/C18H22F3N3O2/c1-11-9-14(15(25)5-3-4-8-22-2)23-24-17(11)13-7-6-12(10-16(13)26)18(19,20)21/h6-7,9-10,15,22,25-26H,3-5,8H2,1-2H3. The normalized spacial score (nSPS) is 13.0. The van der Waals surface area contributed by atoms with Gasteiger partial charge in [-0.25, -0.2) is 0 Å². The van der Waals surface area contributed by atoms with Crippen molar-refractivity contribution in [2.24, 2.45) is 0 Å². The number of aromatic nitrogens is 2. The molecule has 0 fully saturated rings. The molecule has 1 heterocycles. The molecule has 2 rings (SSSR count). The number of hydrogen-bond donors (Lipinski definition) is 3. The van der Waals surface area contributed by atoms with Gasteiger partial charge in [-0.3, -0.25) is 0 Å². The van der Waals surface area contributed by atoms with Crippen molar-refractivity contribution in [3.05, 3.63) is 41.1 Å². The lowest BCUT2D eigenvalue weighted by Crippen LogP contribution is -2.09. The van der Waals surface area contributed by atoms with Crippen molar-refractivity contribution >= 4 is 0 Å². The molecule has 0 spiro atoms. The van der Waals surface area contributed by atoms with E-state index in [1.165, 1.54) is 6.07 Å². The van der Waals surface area contributed by atoms with Crippen molar-refractivity contribution in [2.45, 2.75) is 38.5 Å². The number of halogens is 3. The number of nitrogens with zero attached hydrogens (tertiary/aromatic N) is 2. The van der Waals surface area contributed by atoms with Gasteiger partial charge in [0, 0.05) is 5.56 Å². The Kier molecular flexibility index (Phi) is 6.55. The van der Waals surface area contributed by atoms with Crippen LogP contribution in [-0.2, 0) is 6.18 Å². The van der Waals surface area contributed by atoms with Crippen molar-refractivity contribution in [3.8, 4) is 17.0 Å². The van der Waals surface area contributed by atoms with Gasteiger partial charge >= 0.3 is 6.18 Å². The summed E-state index contributed by atoms with van der Waals surface area (Å²) in [5, 5.41) is 31.2. The van der Waals surface area contributed by atoms with Crippen LogP contribution in [0.1, 0.15) is 42.2 Å². The molecule has 142 valence electrons. The number of nitrogens with one attached hydrogen (secondary N) is 1. The lowest BCUT2D eigenvalue weighted by Gasteiger charge is -2.13. The maximum atomic E-state index is 12.7. The molecule has 1 aromatic heterocycles. The zero-order valence-corrected chi connectivity index (χ0v) is 14.6. The van der Waals surface area contributed by atoms with E-state index in [2.05, 4.69) is 15.5 Å². The number of rotatable bonds is 7. The first-order chi connectivity index (χ1) is 12.2. The van der Waals surface area contributed by atoms with Crippen LogP contribution >= 0.6 is 0 Å². The summed E-state index contributed by atoms with van der Waals surface area (Å²) in [6.07, 6.45) is -2.99. The summed E-state index contributed by atoms with van der Waals surface area (Å²) in [5.41, 5.74) is 0.528. The van der Waals surface area contributed by atoms with Crippen molar-refractivity contribution in [1.29, 1.82) is 0 Å². The fraction of sp³-hybridized carbons (Fsp3) is 0.444. The van der Waals surface area contributed by atoms with Gasteiger partial charge in [0.05, 0.1) is 23.1 Å². The SMILES string of the molecule is CNCCCCC(O)c1cc(C)c(-c2ccc(C(F)(F)F)cc2O)nn1. The third-order valence-electron chi connectivity index (χ3n) is 4.08. The number of aliphatic hydroxyl groups excluding tert-OH is 1. The second-order valence-corrected chi connectivity index (χ2v) is 6.15. The van der Waals surface area contributed by atoms with E-state index in [1.807, 2.05) is 7.05 Å². The monoisotopic (exact) mass is 369 g/mol. The Morgan fingerprint density at radius 1 is 1.15 bits per heavy atom. The second-order valence-electron chi connectivity index (χ2n) is 6.15. The molecular formula is C18H22F3N3O2. The van der Waals surface area contributed by atoms with E-state index in [-0.39, 0.29) is 11.3 Å². The molecule has 2 aromatic rings. The number of alkyl halides is 3. The number of aryl methyl sites for hydroxylation is 1. The minimum atomic E-state index is -4.53. The Morgan fingerprint density at radius 3 is 2.46 bits per heavy atom. The highest BCUT2D eigenvalue weighted by Crippen LogP contribution is 2.36. The summed E-state index contributed by atoms with van der Waals surface area (Å²) in [6, 6.07) is 4.37. The van der Waals surface area contributed by atoms with Gasteiger partial charge in [0.1, 0.15) is 5.75 Å². The van der Waals surface area contributed by atoms with Gasteiger partial charge in [0.2, 0.25) is 0 Å². The summed E-state index contributed by atoms with van der Waals surface area (Å²) in [4.78, 5) is 0. The van der Waals surface area contributed by atoms with E-state index in [0.717, 1.165) is 25.5 Å². The predicted molar refractivity (Wildman–Crippen MR) is 91.6 cm³/mol. The molecule has 1 aromatic carbocycles. The number of aromatic hydroxyl groups is 1. The summed E-state index contributed by atoms with van der Waals surface area (Å²) in [7, 11) is 1.86. The maximum absolute atomic E-state index is 12.7. The van der Waals surface area contributed by atoms with Crippen LogP contribution in [0.2, 0.25) is 0 Å². The minimum absolute atomic E-state index is 0.165. The van der Waals surface area contributed by atoms with Crippen LogP contribution < -0.4 is 5.32 Å². The summed E-state index contributed by atoms with van der Waals surface area (Å²) in [5.74, 6) is -0.516. The van der Waals surface area contributed by atoms with Crippen molar-refractivity contribution < 1.29 is 23.4 Å². The molecular weight excluding hydrogens is 347 g/mol. The summed E-state index contributed by atoms with van der Waals surface area (Å²) < 4.78 is 38.1. The number of aliphatic hydroxyl groups is 1. The van der Waals surface area contributed by atoms with Gasteiger partial charge in [-0.05, 0) is 69.6 Å². The minimum Gasteiger partial charge on any atom is -0.507 e. The first-order valence-corrected chi connectivity index (χ1v) is 8.31. The third kappa shape index (κ3) is 4.92. The van der Waals surface area contributed by atoms with Gasteiger partial charge in [-0.15, -0.1) is 5.10 Å². The molecule has 0 radical (unpaired) electrons. The predicted octanol–water partition coefficient (Wildman–Crippen LogP) is 3.60. The molecule has 0 saturated carbocycles.